The fourth-order valence-corrected chi connectivity index (χ4v) is 6.62. The zero-order valence-electron chi connectivity index (χ0n) is 47.9. The third-order valence-corrected chi connectivity index (χ3v) is 11.1. The molecule has 18 heteroatoms. The molecule has 4 aromatic carbocycles. The second-order valence-corrected chi connectivity index (χ2v) is 17.7. The van der Waals surface area contributed by atoms with Gasteiger partial charge in [0.1, 0.15) is 12.0 Å². The molecule has 0 bridgehead atoms. The van der Waals surface area contributed by atoms with Crippen molar-refractivity contribution in [3.63, 3.8) is 0 Å². The van der Waals surface area contributed by atoms with Crippen LogP contribution in [0, 0.1) is 6.92 Å². The van der Waals surface area contributed by atoms with E-state index >= 15 is 0 Å². The quantitative estimate of drug-likeness (QED) is 0.0211. The molecule has 0 unspecified atom stereocenters. The van der Waals surface area contributed by atoms with Crippen molar-refractivity contribution in [1.82, 2.24) is 9.97 Å². The predicted octanol–water partition coefficient (Wildman–Crippen LogP) is 10.4. The lowest BCUT2D eigenvalue weighted by Crippen LogP contribution is -2.12. The SMILES string of the molecule is CC=NCCCOCCOCCOCCCN=Cc1ccc(C=Nc2cccc(N=Cc3ccc(C)cc3)n2)cc1.COc1ccc(C=Nc2cccc(N=Cc3ccc(C=O)cc3)n2)cc1.NCCCOCCOCCOCCCN. The van der Waals surface area contributed by atoms with Gasteiger partial charge in [-0.15, -0.1) is 0 Å². The van der Waals surface area contributed by atoms with Crippen molar-refractivity contribution < 1.29 is 38.0 Å². The van der Waals surface area contributed by atoms with Crippen LogP contribution in [0.1, 0.15) is 76.3 Å². The molecule has 0 radical (unpaired) electrons. The zero-order chi connectivity index (χ0) is 58.2. The number of carbonyl (C=O) groups is 1. The summed E-state index contributed by atoms with van der Waals surface area (Å²) < 4.78 is 37.5. The number of benzene rings is 4. The van der Waals surface area contributed by atoms with Gasteiger partial charge < -0.3 is 44.6 Å². The van der Waals surface area contributed by atoms with Crippen molar-refractivity contribution in [3.8, 4) is 5.75 Å². The van der Waals surface area contributed by atoms with Gasteiger partial charge in [0.25, 0.3) is 0 Å². The van der Waals surface area contributed by atoms with E-state index in [0.717, 1.165) is 78.7 Å². The predicted molar refractivity (Wildman–Crippen MR) is 333 cm³/mol. The molecular formula is C64H82N10O8. The molecule has 0 amide bonds. The minimum absolute atomic E-state index is 0.564. The number of nitrogens with two attached hydrogens (primary N) is 2. The van der Waals surface area contributed by atoms with Gasteiger partial charge in [0.15, 0.2) is 23.3 Å². The molecule has 0 aliphatic carbocycles. The average molecular weight is 1120 g/mol. The number of aryl methyl sites for hydroxylation is 1. The van der Waals surface area contributed by atoms with E-state index in [1.54, 1.807) is 37.9 Å². The Morgan fingerprint density at radius 2 is 0.720 bits per heavy atom. The number of hydrogen-bond acceptors (Lipinski definition) is 18. The smallest absolute Gasteiger partial charge is 0.154 e. The summed E-state index contributed by atoms with van der Waals surface area (Å²) in [5, 5.41) is 0. The highest BCUT2D eigenvalue weighted by Gasteiger charge is 2.00. The van der Waals surface area contributed by atoms with Crippen molar-refractivity contribution in [1.29, 1.82) is 0 Å². The van der Waals surface area contributed by atoms with E-state index in [0.29, 0.717) is 121 Å². The Bertz CT molecular complexity index is 2760. The first-order valence-corrected chi connectivity index (χ1v) is 27.7. The van der Waals surface area contributed by atoms with Crippen LogP contribution in [0.2, 0.25) is 0 Å². The topological polar surface area (TPSA) is 234 Å². The molecule has 0 aliphatic rings. The van der Waals surface area contributed by atoms with Gasteiger partial charge in [-0.1, -0.05) is 90.5 Å². The van der Waals surface area contributed by atoms with E-state index in [4.69, 9.17) is 44.6 Å². The molecule has 436 valence electrons. The van der Waals surface area contributed by atoms with E-state index in [2.05, 4.69) is 59.0 Å². The van der Waals surface area contributed by atoms with Gasteiger partial charge >= 0.3 is 0 Å². The monoisotopic (exact) mass is 1120 g/mol. The molecule has 2 aromatic heterocycles. The van der Waals surface area contributed by atoms with E-state index in [1.165, 1.54) is 5.56 Å². The van der Waals surface area contributed by atoms with Gasteiger partial charge in [-0.05, 0) is 135 Å². The maximum Gasteiger partial charge on any atom is 0.154 e. The normalized spacial score (nSPS) is 11.5. The third-order valence-electron chi connectivity index (χ3n) is 11.1. The van der Waals surface area contributed by atoms with Crippen molar-refractivity contribution in [2.45, 2.75) is 39.5 Å². The van der Waals surface area contributed by atoms with Crippen molar-refractivity contribution >= 4 is 66.8 Å². The Morgan fingerprint density at radius 3 is 1.07 bits per heavy atom. The van der Waals surface area contributed by atoms with E-state index in [9.17, 15) is 4.79 Å². The summed E-state index contributed by atoms with van der Waals surface area (Å²) in [5.74, 6) is 3.18. The lowest BCUT2D eigenvalue weighted by molar-refractivity contribution is 0.0143. The molecule has 0 atom stereocenters. The number of carbonyl (C=O) groups excluding carboxylic acids is 1. The van der Waals surface area contributed by atoms with Crippen LogP contribution in [0.15, 0.2) is 163 Å². The number of pyridine rings is 2. The maximum absolute atomic E-state index is 10.7. The molecule has 0 spiro atoms. The van der Waals surface area contributed by atoms with Crippen molar-refractivity contribution in [2.75, 3.05) is 113 Å². The number of aldehydes is 1. The summed E-state index contributed by atoms with van der Waals surface area (Å²) in [6, 6.07) is 42.2. The van der Waals surface area contributed by atoms with Crippen LogP contribution in [-0.4, -0.2) is 166 Å². The van der Waals surface area contributed by atoms with Crippen LogP contribution in [0.4, 0.5) is 23.3 Å². The van der Waals surface area contributed by atoms with Gasteiger partial charge in [-0.2, -0.15) is 0 Å². The van der Waals surface area contributed by atoms with Crippen LogP contribution in [0.25, 0.3) is 0 Å². The number of hydrogen-bond donors (Lipinski definition) is 2. The van der Waals surface area contributed by atoms with Crippen molar-refractivity contribution in [2.24, 2.45) is 41.4 Å². The minimum Gasteiger partial charge on any atom is -0.497 e. The Hall–Kier alpha value is -7.65. The average Bonchev–Trinajstić information content (AvgIpc) is 3.52. The summed E-state index contributed by atoms with van der Waals surface area (Å²) >= 11 is 0. The first-order chi connectivity index (χ1) is 40.4. The fourth-order valence-electron chi connectivity index (χ4n) is 6.62. The lowest BCUT2D eigenvalue weighted by atomic mass is 10.1. The molecule has 6 rings (SSSR count). The Labute approximate surface area is 484 Å². The first-order valence-electron chi connectivity index (χ1n) is 27.7. The summed E-state index contributed by atoms with van der Waals surface area (Å²) in [6.07, 6.45) is 15.2. The number of nitrogens with zero attached hydrogens (tertiary/aromatic N) is 8. The van der Waals surface area contributed by atoms with Gasteiger partial charge in [0.2, 0.25) is 0 Å². The standard InChI is InChI=1S/C33H41N5O3.C21H17N3O2.C10H24N2O3/c1-3-34-17-5-19-39-21-23-41-24-22-40-20-6-18-35-25-29-13-15-31(16-14-29)27-37-33-8-4-7-32(38-33)36-26-30-11-9-28(2)10-12-30;1-26-19-11-9-17(10-12-19)14-23-21-4-2-3-20(24-21)22-13-16-5-7-18(15-25)8-6-16;11-3-1-5-13-7-9-15-10-8-14-6-2-4-12/h3-4,7-16,25-27H,5-6,17-24H2,1-2H3;2-15H,1H3;1-12H2. The second-order valence-electron chi connectivity index (χ2n) is 17.7. The van der Waals surface area contributed by atoms with Crippen LogP contribution >= 0.6 is 0 Å². The summed E-state index contributed by atoms with van der Waals surface area (Å²) in [7, 11) is 1.63. The zero-order valence-corrected chi connectivity index (χ0v) is 47.9. The van der Waals surface area contributed by atoms with Crippen LogP contribution in [0.5, 0.6) is 5.75 Å². The van der Waals surface area contributed by atoms with Gasteiger partial charge in [0.05, 0.1) is 60.0 Å². The summed E-state index contributed by atoms with van der Waals surface area (Å²) in [6.45, 7) is 14.5. The highest BCUT2D eigenvalue weighted by molar-refractivity contribution is 5.86. The van der Waals surface area contributed by atoms with E-state index in [1.807, 2.05) is 135 Å². The van der Waals surface area contributed by atoms with Gasteiger partial charge in [-0.25, -0.2) is 29.9 Å². The van der Waals surface area contributed by atoms with Crippen LogP contribution in [-0.2, 0) is 28.4 Å². The van der Waals surface area contributed by atoms with Crippen molar-refractivity contribution in [3.05, 3.63) is 172 Å². The van der Waals surface area contributed by atoms with E-state index < -0.39 is 0 Å². The molecular weight excluding hydrogens is 1040 g/mol. The number of aromatic nitrogens is 2. The Balaban J connectivity index is 0.000000299. The van der Waals surface area contributed by atoms with Gasteiger partial charge in [-0.3, -0.25) is 14.8 Å². The van der Waals surface area contributed by atoms with E-state index in [-0.39, 0.29) is 0 Å². The highest BCUT2D eigenvalue weighted by atomic mass is 16.5. The summed E-state index contributed by atoms with van der Waals surface area (Å²) in [4.78, 5) is 45.9. The maximum atomic E-state index is 10.7. The summed E-state index contributed by atoms with van der Waals surface area (Å²) in [5.41, 5.74) is 17.4. The molecule has 82 heavy (non-hydrogen) atoms. The Morgan fingerprint density at radius 1 is 0.402 bits per heavy atom. The molecule has 0 saturated heterocycles. The fraction of sp³-hybridized carbons (Fsp3) is 0.359. The molecule has 4 N–H and O–H groups in total. The minimum atomic E-state index is 0.564. The number of aliphatic imine (C=N–C) groups is 6. The molecule has 6 aromatic rings. The molecule has 0 aliphatic heterocycles. The largest absolute Gasteiger partial charge is 0.497 e. The van der Waals surface area contributed by atoms with Gasteiger partial charge in [0, 0.05) is 76.2 Å². The molecule has 18 nitrogen and oxygen atoms in total. The van der Waals surface area contributed by atoms with Crippen LogP contribution in [0.3, 0.4) is 0 Å². The number of rotatable bonds is 37. The second kappa shape index (κ2) is 45.0. The molecule has 2 heterocycles. The van der Waals surface area contributed by atoms with Crippen LogP contribution < -0.4 is 16.2 Å². The highest BCUT2D eigenvalue weighted by Crippen LogP contribution is 2.18. The molecule has 0 saturated carbocycles. The first kappa shape index (κ1) is 66.9. The number of ether oxygens (including phenoxy) is 7. The lowest BCUT2D eigenvalue weighted by Gasteiger charge is -2.06. The number of methoxy groups -OCH3 is 1. The Kier molecular flexibility index (Phi) is 36.7. The third kappa shape index (κ3) is 32.6. The molecule has 0 fully saturated rings.